The molecule has 0 unspecified atom stereocenters. The van der Waals surface area contributed by atoms with Gasteiger partial charge in [-0.15, -0.1) is 0 Å². The summed E-state index contributed by atoms with van der Waals surface area (Å²) in [7, 11) is 0. The van der Waals surface area contributed by atoms with Crippen molar-refractivity contribution < 1.29 is 13.9 Å². The molecule has 2 aromatic heterocycles. The molecule has 6 heteroatoms. The summed E-state index contributed by atoms with van der Waals surface area (Å²) in [6, 6.07) is 10.1. The Morgan fingerprint density at radius 2 is 1.93 bits per heavy atom. The van der Waals surface area contributed by atoms with Crippen LogP contribution in [0.25, 0.3) is 22.2 Å². The molecule has 1 aliphatic heterocycles. The van der Waals surface area contributed by atoms with E-state index in [1.165, 1.54) is 0 Å². The molecule has 0 aliphatic carbocycles. The summed E-state index contributed by atoms with van der Waals surface area (Å²) in [4.78, 5) is 22.9. The van der Waals surface area contributed by atoms with Gasteiger partial charge in [0.1, 0.15) is 5.52 Å². The number of nitrogens with zero attached hydrogens (tertiary/aromatic N) is 3. The van der Waals surface area contributed by atoms with E-state index in [0.29, 0.717) is 13.1 Å². The minimum atomic E-state index is -0.234. The average Bonchev–Trinajstić information content (AvgIpc) is 3.11. The van der Waals surface area contributed by atoms with Gasteiger partial charge in [0.05, 0.1) is 6.10 Å². The summed E-state index contributed by atoms with van der Waals surface area (Å²) >= 11 is 0. The normalized spacial score (nSPS) is 15.4. The van der Waals surface area contributed by atoms with Crippen molar-refractivity contribution in [3.05, 3.63) is 48.1 Å². The lowest BCUT2D eigenvalue weighted by Gasteiger charge is -2.30. The van der Waals surface area contributed by atoms with Crippen LogP contribution in [0.1, 0.15) is 44.2 Å². The van der Waals surface area contributed by atoms with Crippen LogP contribution in [0, 0.1) is 6.92 Å². The molecule has 0 radical (unpaired) electrons. The SMILES string of the molecule is Cc1ccc(-c2ccc3oc(C4CCN(C(=O)OC(C)C)CC4)nc3c2)cn1. The molecule has 4 rings (SSSR count). The molecule has 0 saturated carbocycles. The largest absolute Gasteiger partial charge is 0.447 e. The number of aromatic nitrogens is 2. The Kier molecular flexibility index (Phi) is 5.03. The Labute approximate surface area is 164 Å². The van der Waals surface area contributed by atoms with Crippen molar-refractivity contribution in [2.45, 2.75) is 45.6 Å². The smallest absolute Gasteiger partial charge is 0.410 e. The van der Waals surface area contributed by atoms with Crippen molar-refractivity contribution in [3.63, 3.8) is 0 Å². The quantitative estimate of drug-likeness (QED) is 0.646. The third-order valence-corrected chi connectivity index (χ3v) is 5.09. The molecule has 1 aliphatic rings. The van der Waals surface area contributed by atoms with E-state index in [1.807, 2.05) is 51.2 Å². The molecule has 1 aromatic carbocycles. The maximum Gasteiger partial charge on any atom is 0.410 e. The van der Waals surface area contributed by atoms with E-state index < -0.39 is 0 Å². The lowest BCUT2D eigenvalue weighted by Crippen LogP contribution is -2.39. The number of rotatable bonds is 3. The van der Waals surface area contributed by atoms with Gasteiger partial charge in [0.2, 0.25) is 0 Å². The monoisotopic (exact) mass is 379 g/mol. The first-order valence-corrected chi connectivity index (χ1v) is 9.78. The minimum Gasteiger partial charge on any atom is -0.447 e. The van der Waals surface area contributed by atoms with E-state index in [2.05, 4.69) is 11.1 Å². The van der Waals surface area contributed by atoms with Gasteiger partial charge in [-0.05, 0) is 57.4 Å². The van der Waals surface area contributed by atoms with E-state index in [-0.39, 0.29) is 18.1 Å². The molecule has 0 atom stereocenters. The number of fused-ring (bicyclic) bond motifs is 1. The standard InChI is InChI=1S/C22H25N3O3/c1-14(2)27-22(26)25-10-8-16(9-11-25)21-24-19-12-17(6-7-20(19)28-21)18-5-4-15(3)23-13-18/h4-7,12-14,16H,8-11H2,1-3H3. The van der Waals surface area contributed by atoms with Crippen LogP contribution in [0.2, 0.25) is 0 Å². The Morgan fingerprint density at radius 1 is 1.18 bits per heavy atom. The van der Waals surface area contributed by atoms with E-state index in [4.69, 9.17) is 14.1 Å². The Hall–Kier alpha value is -2.89. The molecular weight excluding hydrogens is 354 g/mol. The molecule has 1 fully saturated rings. The van der Waals surface area contributed by atoms with Crippen LogP contribution in [-0.2, 0) is 4.74 Å². The fourth-order valence-corrected chi connectivity index (χ4v) is 3.52. The van der Waals surface area contributed by atoms with Crippen molar-refractivity contribution in [2.24, 2.45) is 0 Å². The van der Waals surface area contributed by atoms with Gasteiger partial charge in [-0.3, -0.25) is 4.98 Å². The highest BCUT2D eigenvalue weighted by molar-refractivity contribution is 5.80. The number of pyridine rings is 1. The number of hydrogen-bond donors (Lipinski definition) is 0. The first-order valence-electron chi connectivity index (χ1n) is 9.78. The van der Waals surface area contributed by atoms with Crippen molar-refractivity contribution in [3.8, 4) is 11.1 Å². The second kappa shape index (κ2) is 7.62. The summed E-state index contributed by atoms with van der Waals surface area (Å²) in [6.45, 7) is 7.03. The molecule has 1 saturated heterocycles. The number of carbonyl (C=O) groups excluding carboxylic acids is 1. The lowest BCUT2D eigenvalue weighted by molar-refractivity contribution is 0.0681. The molecule has 6 nitrogen and oxygen atoms in total. The van der Waals surface area contributed by atoms with Crippen LogP contribution in [0.3, 0.4) is 0 Å². The summed E-state index contributed by atoms with van der Waals surface area (Å²) < 4.78 is 11.3. The number of likely N-dealkylation sites (tertiary alicyclic amines) is 1. The number of hydrogen-bond acceptors (Lipinski definition) is 5. The summed E-state index contributed by atoms with van der Waals surface area (Å²) in [5, 5.41) is 0. The zero-order valence-electron chi connectivity index (χ0n) is 16.5. The fraction of sp³-hybridized carbons (Fsp3) is 0.409. The number of aryl methyl sites for hydroxylation is 1. The molecule has 3 aromatic rings. The van der Waals surface area contributed by atoms with E-state index in [1.54, 1.807) is 4.90 Å². The van der Waals surface area contributed by atoms with Gasteiger partial charge in [0, 0.05) is 36.5 Å². The van der Waals surface area contributed by atoms with Crippen molar-refractivity contribution in [1.29, 1.82) is 0 Å². The molecule has 146 valence electrons. The maximum atomic E-state index is 12.0. The first kappa shape index (κ1) is 18.5. The van der Waals surface area contributed by atoms with Gasteiger partial charge < -0.3 is 14.1 Å². The number of benzene rings is 1. The van der Waals surface area contributed by atoms with Crippen molar-refractivity contribution in [2.75, 3.05) is 13.1 Å². The average molecular weight is 379 g/mol. The fourth-order valence-electron chi connectivity index (χ4n) is 3.52. The highest BCUT2D eigenvalue weighted by atomic mass is 16.6. The third-order valence-electron chi connectivity index (χ3n) is 5.09. The second-order valence-corrected chi connectivity index (χ2v) is 7.62. The highest BCUT2D eigenvalue weighted by Gasteiger charge is 2.28. The van der Waals surface area contributed by atoms with Crippen molar-refractivity contribution in [1.82, 2.24) is 14.9 Å². The number of carbonyl (C=O) groups is 1. The van der Waals surface area contributed by atoms with Crippen LogP contribution < -0.4 is 0 Å². The number of oxazole rings is 1. The van der Waals surface area contributed by atoms with Crippen LogP contribution >= 0.6 is 0 Å². The number of piperidine rings is 1. The lowest BCUT2D eigenvalue weighted by atomic mass is 9.97. The predicted molar refractivity (Wildman–Crippen MR) is 107 cm³/mol. The molecule has 3 heterocycles. The van der Waals surface area contributed by atoms with Gasteiger partial charge >= 0.3 is 6.09 Å². The van der Waals surface area contributed by atoms with E-state index >= 15 is 0 Å². The Bertz CT molecular complexity index is 970. The van der Waals surface area contributed by atoms with Gasteiger partial charge in [0.15, 0.2) is 11.5 Å². The Morgan fingerprint density at radius 3 is 2.61 bits per heavy atom. The molecule has 1 amide bonds. The minimum absolute atomic E-state index is 0.0970. The number of amides is 1. The first-order chi connectivity index (χ1) is 13.5. The third kappa shape index (κ3) is 3.86. The van der Waals surface area contributed by atoms with Crippen LogP contribution in [0.4, 0.5) is 4.79 Å². The molecule has 28 heavy (non-hydrogen) atoms. The molecule has 0 N–H and O–H groups in total. The van der Waals surface area contributed by atoms with Crippen LogP contribution in [-0.4, -0.2) is 40.2 Å². The van der Waals surface area contributed by atoms with Crippen molar-refractivity contribution >= 4 is 17.2 Å². The van der Waals surface area contributed by atoms with E-state index in [9.17, 15) is 4.79 Å². The maximum absolute atomic E-state index is 12.0. The summed E-state index contributed by atoms with van der Waals surface area (Å²) in [5.41, 5.74) is 4.78. The zero-order chi connectivity index (χ0) is 19.7. The summed E-state index contributed by atoms with van der Waals surface area (Å²) in [5.74, 6) is 0.978. The van der Waals surface area contributed by atoms with Crippen LogP contribution in [0.5, 0.6) is 0 Å². The van der Waals surface area contributed by atoms with Gasteiger partial charge in [-0.25, -0.2) is 9.78 Å². The topological polar surface area (TPSA) is 68.5 Å². The van der Waals surface area contributed by atoms with Gasteiger partial charge in [0.25, 0.3) is 0 Å². The summed E-state index contributed by atoms with van der Waals surface area (Å²) in [6.07, 6.45) is 3.20. The predicted octanol–water partition coefficient (Wildman–Crippen LogP) is 4.92. The van der Waals surface area contributed by atoms with Gasteiger partial charge in [-0.1, -0.05) is 12.1 Å². The second-order valence-electron chi connectivity index (χ2n) is 7.62. The van der Waals surface area contributed by atoms with E-state index in [0.717, 1.165) is 46.7 Å². The highest BCUT2D eigenvalue weighted by Crippen LogP contribution is 2.32. The van der Waals surface area contributed by atoms with Crippen LogP contribution in [0.15, 0.2) is 40.9 Å². The molecule has 0 spiro atoms. The van der Waals surface area contributed by atoms with Gasteiger partial charge in [-0.2, -0.15) is 0 Å². The number of ether oxygens (including phenoxy) is 1. The zero-order valence-corrected chi connectivity index (χ0v) is 16.5. The molecule has 0 bridgehead atoms. The Balaban J connectivity index is 1.48. The molecular formula is C22H25N3O3.